The van der Waals surface area contributed by atoms with Crippen LogP contribution in [0.25, 0.3) is 0 Å². The van der Waals surface area contributed by atoms with Gasteiger partial charge in [0.2, 0.25) is 0 Å². The summed E-state index contributed by atoms with van der Waals surface area (Å²) in [5, 5.41) is 6.98. The number of amides is 1. The van der Waals surface area contributed by atoms with Crippen LogP contribution in [0.4, 0.5) is 5.69 Å². The van der Waals surface area contributed by atoms with Crippen molar-refractivity contribution in [2.75, 3.05) is 24.5 Å². The molecule has 1 atom stereocenters. The highest BCUT2D eigenvalue weighted by atomic mass is 16.2. The zero-order valence-corrected chi connectivity index (χ0v) is 13.2. The molecule has 0 saturated carbocycles. The van der Waals surface area contributed by atoms with Crippen LogP contribution in [0.1, 0.15) is 22.6 Å². The third-order valence-corrected chi connectivity index (χ3v) is 4.20. The van der Waals surface area contributed by atoms with Crippen molar-refractivity contribution in [3.05, 3.63) is 40.3 Å². The fourth-order valence-electron chi connectivity index (χ4n) is 2.78. The Bertz CT molecular complexity index is 765. The highest BCUT2D eigenvalue weighted by Crippen LogP contribution is 2.21. The number of imidazole rings is 1. The van der Waals surface area contributed by atoms with Gasteiger partial charge in [0.15, 0.2) is 0 Å². The SMILES string of the molecule is Cc1[nH]cnc1C(=O)NC[C@H]1CCN(c2cnn(C)c(=O)c2)C1. The first-order chi connectivity index (χ1) is 11.0. The number of anilines is 1. The smallest absolute Gasteiger partial charge is 0.271 e. The molecule has 1 aliphatic heterocycles. The van der Waals surface area contributed by atoms with Gasteiger partial charge < -0.3 is 15.2 Å². The monoisotopic (exact) mass is 316 g/mol. The largest absolute Gasteiger partial charge is 0.370 e. The molecule has 1 saturated heterocycles. The second kappa shape index (κ2) is 6.23. The van der Waals surface area contributed by atoms with Crippen molar-refractivity contribution in [3.63, 3.8) is 0 Å². The van der Waals surface area contributed by atoms with Gasteiger partial charge in [-0.1, -0.05) is 0 Å². The summed E-state index contributed by atoms with van der Waals surface area (Å²) in [5.74, 6) is 0.194. The molecule has 2 aromatic heterocycles. The number of rotatable bonds is 4. The predicted molar refractivity (Wildman–Crippen MR) is 85.5 cm³/mol. The number of hydrogen-bond donors (Lipinski definition) is 2. The molecule has 0 spiro atoms. The van der Waals surface area contributed by atoms with Crippen molar-refractivity contribution in [2.24, 2.45) is 13.0 Å². The zero-order chi connectivity index (χ0) is 16.4. The summed E-state index contributed by atoms with van der Waals surface area (Å²) < 4.78 is 1.31. The molecular formula is C15H20N6O2. The van der Waals surface area contributed by atoms with E-state index in [1.165, 1.54) is 11.0 Å². The maximum absolute atomic E-state index is 12.1. The average molecular weight is 316 g/mol. The van der Waals surface area contributed by atoms with E-state index in [9.17, 15) is 9.59 Å². The van der Waals surface area contributed by atoms with Crippen LogP contribution in [0.2, 0.25) is 0 Å². The molecule has 0 aromatic carbocycles. The summed E-state index contributed by atoms with van der Waals surface area (Å²) in [6.07, 6.45) is 4.19. The summed E-state index contributed by atoms with van der Waals surface area (Å²) in [4.78, 5) is 32.8. The summed E-state index contributed by atoms with van der Waals surface area (Å²) >= 11 is 0. The lowest BCUT2D eigenvalue weighted by molar-refractivity contribution is 0.0943. The lowest BCUT2D eigenvalue weighted by Gasteiger charge is -2.18. The Morgan fingerprint density at radius 2 is 2.35 bits per heavy atom. The fraction of sp³-hybridized carbons (Fsp3) is 0.467. The van der Waals surface area contributed by atoms with E-state index in [1.54, 1.807) is 19.3 Å². The van der Waals surface area contributed by atoms with Gasteiger partial charge in [0, 0.05) is 38.4 Å². The van der Waals surface area contributed by atoms with E-state index in [2.05, 4.69) is 25.3 Å². The van der Waals surface area contributed by atoms with E-state index in [-0.39, 0.29) is 11.5 Å². The molecule has 3 rings (SSSR count). The molecule has 8 nitrogen and oxygen atoms in total. The molecule has 1 amide bonds. The minimum Gasteiger partial charge on any atom is -0.370 e. The van der Waals surface area contributed by atoms with Gasteiger partial charge in [-0.05, 0) is 19.3 Å². The van der Waals surface area contributed by atoms with Crippen LogP contribution in [0.3, 0.4) is 0 Å². The first kappa shape index (κ1) is 15.3. The summed E-state index contributed by atoms with van der Waals surface area (Å²) in [6, 6.07) is 1.60. The quantitative estimate of drug-likeness (QED) is 0.832. The minimum absolute atomic E-state index is 0.117. The van der Waals surface area contributed by atoms with E-state index in [4.69, 9.17) is 0 Å². The van der Waals surface area contributed by atoms with Crippen molar-refractivity contribution < 1.29 is 4.79 Å². The average Bonchev–Trinajstić information content (AvgIpc) is 3.16. The van der Waals surface area contributed by atoms with Crippen molar-refractivity contribution >= 4 is 11.6 Å². The van der Waals surface area contributed by atoms with Crippen LogP contribution in [0.5, 0.6) is 0 Å². The molecule has 1 aliphatic rings. The maximum atomic E-state index is 12.1. The highest BCUT2D eigenvalue weighted by Gasteiger charge is 2.24. The standard InChI is InChI=1S/C15H20N6O2/c1-10-14(18-9-17-10)15(23)16-6-11-3-4-21(8-11)12-5-13(22)20(2)19-7-12/h5,7,9,11H,3-4,6,8H2,1-2H3,(H,16,23)(H,17,18)/t11-/m1/s1. The molecule has 2 N–H and O–H groups in total. The van der Waals surface area contributed by atoms with Gasteiger partial charge in [0.1, 0.15) is 5.69 Å². The van der Waals surface area contributed by atoms with Crippen LogP contribution in [0, 0.1) is 12.8 Å². The van der Waals surface area contributed by atoms with Gasteiger partial charge in [0.25, 0.3) is 11.5 Å². The molecule has 23 heavy (non-hydrogen) atoms. The minimum atomic E-state index is -0.155. The van der Waals surface area contributed by atoms with Crippen molar-refractivity contribution in [2.45, 2.75) is 13.3 Å². The maximum Gasteiger partial charge on any atom is 0.271 e. The number of aryl methyl sites for hydroxylation is 2. The Morgan fingerprint density at radius 3 is 3.04 bits per heavy atom. The lowest BCUT2D eigenvalue weighted by Crippen LogP contribution is -2.32. The fourth-order valence-corrected chi connectivity index (χ4v) is 2.78. The number of hydrogen-bond acceptors (Lipinski definition) is 5. The summed E-state index contributed by atoms with van der Waals surface area (Å²) in [5.41, 5.74) is 1.93. The molecule has 0 radical (unpaired) electrons. The highest BCUT2D eigenvalue weighted by molar-refractivity contribution is 5.93. The van der Waals surface area contributed by atoms with Gasteiger partial charge in [-0.3, -0.25) is 9.59 Å². The first-order valence-corrected chi connectivity index (χ1v) is 7.61. The number of aromatic nitrogens is 4. The molecule has 1 fully saturated rings. The van der Waals surface area contributed by atoms with Gasteiger partial charge in [-0.25, -0.2) is 9.67 Å². The van der Waals surface area contributed by atoms with Crippen molar-refractivity contribution in [3.8, 4) is 0 Å². The van der Waals surface area contributed by atoms with Crippen LogP contribution in [0.15, 0.2) is 23.4 Å². The van der Waals surface area contributed by atoms with E-state index in [0.717, 1.165) is 30.9 Å². The Labute approximate surface area is 133 Å². The van der Waals surface area contributed by atoms with E-state index >= 15 is 0 Å². The van der Waals surface area contributed by atoms with Gasteiger partial charge in [-0.2, -0.15) is 5.10 Å². The van der Waals surface area contributed by atoms with Gasteiger partial charge in [0.05, 0.1) is 18.2 Å². The first-order valence-electron chi connectivity index (χ1n) is 7.61. The van der Waals surface area contributed by atoms with Crippen molar-refractivity contribution in [1.29, 1.82) is 0 Å². The third-order valence-electron chi connectivity index (χ3n) is 4.20. The van der Waals surface area contributed by atoms with Gasteiger partial charge >= 0.3 is 0 Å². The van der Waals surface area contributed by atoms with Crippen LogP contribution < -0.4 is 15.8 Å². The zero-order valence-electron chi connectivity index (χ0n) is 13.2. The second-order valence-electron chi connectivity index (χ2n) is 5.86. The van der Waals surface area contributed by atoms with Crippen LogP contribution in [-0.2, 0) is 7.05 Å². The molecule has 0 unspecified atom stereocenters. The van der Waals surface area contributed by atoms with E-state index in [1.807, 2.05) is 6.92 Å². The van der Waals surface area contributed by atoms with Crippen LogP contribution in [-0.4, -0.2) is 45.3 Å². The summed E-state index contributed by atoms with van der Waals surface area (Å²) in [7, 11) is 1.63. The Balaban J connectivity index is 1.56. The van der Waals surface area contributed by atoms with E-state index < -0.39 is 0 Å². The van der Waals surface area contributed by atoms with E-state index in [0.29, 0.717) is 18.2 Å². The second-order valence-corrected chi connectivity index (χ2v) is 5.86. The summed E-state index contributed by atoms with van der Waals surface area (Å²) in [6.45, 7) is 4.08. The number of aromatic amines is 1. The molecule has 0 bridgehead atoms. The number of nitrogens with one attached hydrogen (secondary N) is 2. The lowest BCUT2D eigenvalue weighted by atomic mass is 10.1. The molecule has 0 aliphatic carbocycles. The molecule has 122 valence electrons. The number of H-pyrrole nitrogens is 1. The van der Waals surface area contributed by atoms with Crippen LogP contribution >= 0.6 is 0 Å². The Kier molecular flexibility index (Phi) is 4.14. The number of carbonyl (C=O) groups is 1. The molecule has 3 heterocycles. The Hall–Kier alpha value is -2.64. The number of carbonyl (C=O) groups excluding carboxylic acids is 1. The predicted octanol–water partition coefficient (Wildman–Crippen LogP) is 0.0681. The normalized spacial score (nSPS) is 17.5. The number of nitrogens with zero attached hydrogens (tertiary/aromatic N) is 4. The van der Waals surface area contributed by atoms with Gasteiger partial charge in [-0.15, -0.1) is 0 Å². The topological polar surface area (TPSA) is 95.9 Å². The molecular weight excluding hydrogens is 296 g/mol. The molecule has 2 aromatic rings. The molecule has 8 heteroatoms. The van der Waals surface area contributed by atoms with Crippen molar-refractivity contribution in [1.82, 2.24) is 25.1 Å². The Morgan fingerprint density at radius 1 is 1.52 bits per heavy atom. The third kappa shape index (κ3) is 3.25.